The maximum Gasteiger partial charge on any atom is 0.0697 e. The first-order chi connectivity index (χ1) is 5.24. The van der Waals surface area contributed by atoms with E-state index >= 15 is 0 Å². The normalized spacial score (nSPS) is 16.4. The maximum atomic E-state index is 8.81. The van der Waals surface area contributed by atoms with E-state index in [1.807, 2.05) is 0 Å². The standard InChI is InChI=1S/C9H20O2/c1-4-6-9(5-2,11-3)7-8-10/h10H,4-8H2,1-3H3. The Morgan fingerprint density at radius 1 is 1.27 bits per heavy atom. The van der Waals surface area contributed by atoms with Gasteiger partial charge in [-0.2, -0.15) is 0 Å². The lowest BCUT2D eigenvalue weighted by atomic mass is 9.91. The molecule has 2 nitrogen and oxygen atoms in total. The van der Waals surface area contributed by atoms with Crippen molar-refractivity contribution in [3.05, 3.63) is 0 Å². The van der Waals surface area contributed by atoms with Gasteiger partial charge in [0.15, 0.2) is 0 Å². The predicted octanol–water partition coefficient (Wildman–Crippen LogP) is 1.96. The highest BCUT2D eigenvalue weighted by Gasteiger charge is 2.25. The first-order valence-electron chi connectivity index (χ1n) is 4.40. The minimum atomic E-state index is -0.0660. The van der Waals surface area contributed by atoms with Crippen molar-refractivity contribution in [3.8, 4) is 0 Å². The third-order valence-corrected chi connectivity index (χ3v) is 2.35. The fourth-order valence-corrected chi connectivity index (χ4v) is 1.49. The Bertz CT molecular complexity index is 79.6. The average Bonchev–Trinajstić information content (AvgIpc) is 2.04. The lowest BCUT2D eigenvalue weighted by Crippen LogP contribution is -2.31. The minimum Gasteiger partial charge on any atom is -0.396 e. The number of rotatable bonds is 6. The molecule has 0 bridgehead atoms. The Morgan fingerprint density at radius 3 is 2.18 bits per heavy atom. The SMILES string of the molecule is CCCC(CC)(CCO)OC. The van der Waals surface area contributed by atoms with E-state index in [0.717, 1.165) is 25.7 Å². The second-order valence-electron chi connectivity index (χ2n) is 2.96. The molecule has 0 aromatic rings. The zero-order valence-electron chi connectivity index (χ0n) is 7.89. The van der Waals surface area contributed by atoms with Crippen LogP contribution in [0.15, 0.2) is 0 Å². The molecule has 0 amide bonds. The maximum absolute atomic E-state index is 8.81. The highest BCUT2D eigenvalue weighted by molar-refractivity contribution is 4.77. The second-order valence-corrected chi connectivity index (χ2v) is 2.96. The lowest BCUT2D eigenvalue weighted by Gasteiger charge is -2.30. The second kappa shape index (κ2) is 5.56. The van der Waals surface area contributed by atoms with E-state index in [4.69, 9.17) is 9.84 Å². The summed E-state index contributed by atoms with van der Waals surface area (Å²) >= 11 is 0. The molecule has 0 aliphatic carbocycles. The van der Waals surface area contributed by atoms with Crippen molar-refractivity contribution < 1.29 is 9.84 Å². The van der Waals surface area contributed by atoms with Gasteiger partial charge in [0, 0.05) is 13.7 Å². The highest BCUT2D eigenvalue weighted by atomic mass is 16.5. The molecule has 68 valence electrons. The summed E-state index contributed by atoms with van der Waals surface area (Å²) in [6.07, 6.45) is 3.90. The molecule has 0 aliphatic heterocycles. The van der Waals surface area contributed by atoms with Crippen LogP contribution in [0.5, 0.6) is 0 Å². The molecule has 0 aromatic heterocycles. The molecule has 0 fully saturated rings. The molecule has 11 heavy (non-hydrogen) atoms. The predicted molar refractivity (Wildman–Crippen MR) is 46.6 cm³/mol. The number of hydrogen-bond donors (Lipinski definition) is 1. The summed E-state index contributed by atoms with van der Waals surface area (Å²) in [5.74, 6) is 0. The fraction of sp³-hybridized carbons (Fsp3) is 1.00. The molecule has 1 unspecified atom stereocenters. The van der Waals surface area contributed by atoms with Crippen LogP contribution >= 0.6 is 0 Å². The summed E-state index contributed by atoms with van der Waals surface area (Å²) in [5.41, 5.74) is -0.0660. The molecule has 1 N–H and O–H groups in total. The zero-order chi connectivity index (χ0) is 8.74. The van der Waals surface area contributed by atoms with Gasteiger partial charge in [-0.05, 0) is 19.3 Å². The summed E-state index contributed by atoms with van der Waals surface area (Å²) in [7, 11) is 1.73. The topological polar surface area (TPSA) is 29.5 Å². The zero-order valence-corrected chi connectivity index (χ0v) is 7.89. The van der Waals surface area contributed by atoms with Gasteiger partial charge < -0.3 is 9.84 Å². The van der Waals surface area contributed by atoms with Gasteiger partial charge in [-0.15, -0.1) is 0 Å². The van der Waals surface area contributed by atoms with Crippen LogP contribution in [0.4, 0.5) is 0 Å². The van der Waals surface area contributed by atoms with Gasteiger partial charge in [-0.25, -0.2) is 0 Å². The smallest absolute Gasteiger partial charge is 0.0697 e. The highest BCUT2D eigenvalue weighted by Crippen LogP contribution is 2.24. The molecule has 2 heteroatoms. The van der Waals surface area contributed by atoms with Gasteiger partial charge in [0.25, 0.3) is 0 Å². The number of methoxy groups -OCH3 is 1. The monoisotopic (exact) mass is 160 g/mol. The Balaban J connectivity index is 3.96. The molecule has 0 spiro atoms. The molecular weight excluding hydrogens is 140 g/mol. The van der Waals surface area contributed by atoms with Crippen LogP contribution in [0, 0.1) is 0 Å². The average molecular weight is 160 g/mol. The van der Waals surface area contributed by atoms with Crippen molar-refractivity contribution in [1.29, 1.82) is 0 Å². The van der Waals surface area contributed by atoms with Crippen molar-refractivity contribution in [2.75, 3.05) is 13.7 Å². The molecule has 1 atom stereocenters. The van der Waals surface area contributed by atoms with Crippen molar-refractivity contribution in [3.63, 3.8) is 0 Å². The summed E-state index contributed by atoms with van der Waals surface area (Å²) < 4.78 is 5.41. The summed E-state index contributed by atoms with van der Waals surface area (Å²) in [6.45, 7) is 4.47. The van der Waals surface area contributed by atoms with Gasteiger partial charge in [-0.1, -0.05) is 20.3 Å². The number of ether oxygens (including phenoxy) is 1. The summed E-state index contributed by atoms with van der Waals surface area (Å²) in [6, 6.07) is 0. The lowest BCUT2D eigenvalue weighted by molar-refractivity contribution is -0.0380. The van der Waals surface area contributed by atoms with Crippen LogP contribution in [-0.4, -0.2) is 24.4 Å². The molecule has 0 saturated heterocycles. The Labute approximate surface area is 69.6 Å². The molecule has 0 heterocycles. The Morgan fingerprint density at radius 2 is 1.91 bits per heavy atom. The van der Waals surface area contributed by atoms with Crippen molar-refractivity contribution in [2.24, 2.45) is 0 Å². The van der Waals surface area contributed by atoms with Gasteiger partial charge >= 0.3 is 0 Å². The van der Waals surface area contributed by atoms with E-state index in [1.54, 1.807) is 7.11 Å². The molecule has 0 radical (unpaired) electrons. The van der Waals surface area contributed by atoms with E-state index in [0.29, 0.717) is 0 Å². The third kappa shape index (κ3) is 3.21. The Kier molecular flexibility index (Phi) is 5.51. The van der Waals surface area contributed by atoms with Crippen LogP contribution < -0.4 is 0 Å². The van der Waals surface area contributed by atoms with Gasteiger partial charge in [0.2, 0.25) is 0 Å². The number of aliphatic hydroxyl groups is 1. The van der Waals surface area contributed by atoms with Crippen molar-refractivity contribution in [2.45, 2.75) is 45.1 Å². The quantitative estimate of drug-likeness (QED) is 0.643. The van der Waals surface area contributed by atoms with E-state index in [2.05, 4.69) is 13.8 Å². The van der Waals surface area contributed by atoms with Crippen LogP contribution in [0.3, 0.4) is 0 Å². The molecule has 0 aromatic carbocycles. The Hall–Kier alpha value is -0.0800. The van der Waals surface area contributed by atoms with Crippen LogP contribution in [0.25, 0.3) is 0 Å². The van der Waals surface area contributed by atoms with Crippen LogP contribution in [-0.2, 0) is 4.74 Å². The van der Waals surface area contributed by atoms with Gasteiger partial charge in [-0.3, -0.25) is 0 Å². The first-order valence-corrected chi connectivity index (χ1v) is 4.40. The first kappa shape index (κ1) is 10.9. The van der Waals surface area contributed by atoms with E-state index in [-0.39, 0.29) is 12.2 Å². The van der Waals surface area contributed by atoms with Crippen molar-refractivity contribution >= 4 is 0 Å². The van der Waals surface area contributed by atoms with Gasteiger partial charge in [0.1, 0.15) is 0 Å². The molecule has 0 saturated carbocycles. The van der Waals surface area contributed by atoms with E-state index in [9.17, 15) is 0 Å². The van der Waals surface area contributed by atoms with Crippen LogP contribution in [0.2, 0.25) is 0 Å². The minimum absolute atomic E-state index is 0.0660. The molecular formula is C9H20O2. The van der Waals surface area contributed by atoms with Crippen molar-refractivity contribution in [1.82, 2.24) is 0 Å². The number of hydrogen-bond acceptors (Lipinski definition) is 2. The molecule has 0 aliphatic rings. The fourth-order valence-electron chi connectivity index (χ4n) is 1.49. The van der Waals surface area contributed by atoms with Gasteiger partial charge in [0.05, 0.1) is 5.60 Å². The summed E-state index contributed by atoms with van der Waals surface area (Å²) in [5, 5.41) is 8.81. The third-order valence-electron chi connectivity index (χ3n) is 2.35. The van der Waals surface area contributed by atoms with Crippen LogP contribution in [0.1, 0.15) is 39.5 Å². The van der Waals surface area contributed by atoms with E-state index < -0.39 is 0 Å². The summed E-state index contributed by atoms with van der Waals surface area (Å²) in [4.78, 5) is 0. The van der Waals surface area contributed by atoms with E-state index in [1.165, 1.54) is 0 Å². The molecule has 0 rings (SSSR count). The number of aliphatic hydroxyl groups excluding tert-OH is 1. The largest absolute Gasteiger partial charge is 0.396 e.